The molecule has 1 atom stereocenters. The van der Waals surface area contributed by atoms with Gasteiger partial charge in [0.2, 0.25) is 6.79 Å². The summed E-state index contributed by atoms with van der Waals surface area (Å²) in [5.41, 5.74) is 3.52. The number of amides is 2. The number of hydrogen-bond donors (Lipinski definition) is 3. The van der Waals surface area contributed by atoms with Crippen LogP contribution in [0.2, 0.25) is 0 Å². The molecule has 28 heavy (non-hydrogen) atoms. The average molecular weight is 383 g/mol. The molecule has 146 valence electrons. The van der Waals surface area contributed by atoms with Crippen LogP contribution >= 0.6 is 0 Å². The molecule has 0 fully saturated rings. The van der Waals surface area contributed by atoms with Gasteiger partial charge in [-0.1, -0.05) is 13.8 Å². The summed E-state index contributed by atoms with van der Waals surface area (Å²) in [4.78, 5) is 25.0. The van der Waals surface area contributed by atoms with Gasteiger partial charge >= 0.3 is 0 Å². The first-order valence-electron chi connectivity index (χ1n) is 8.76. The molecule has 0 bridgehead atoms. The summed E-state index contributed by atoms with van der Waals surface area (Å²) in [5, 5.41) is 15.9. The van der Waals surface area contributed by atoms with Crippen LogP contribution in [-0.4, -0.2) is 36.0 Å². The van der Waals surface area contributed by atoms with Crippen molar-refractivity contribution >= 4 is 18.0 Å². The molecule has 3 rings (SSSR count). The predicted molar refractivity (Wildman–Crippen MR) is 103 cm³/mol. The lowest BCUT2D eigenvalue weighted by atomic mass is 10.0. The number of fused-ring (bicyclic) bond motifs is 1. The van der Waals surface area contributed by atoms with Crippen molar-refractivity contribution < 1.29 is 24.2 Å². The molecule has 0 saturated heterocycles. The van der Waals surface area contributed by atoms with Gasteiger partial charge < -0.3 is 19.9 Å². The Balaban J connectivity index is 1.62. The van der Waals surface area contributed by atoms with E-state index in [1.165, 1.54) is 18.3 Å². The van der Waals surface area contributed by atoms with E-state index < -0.39 is 17.9 Å². The van der Waals surface area contributed by atoms with Crippen LogP contribution in [0.15, 0.2) is 47.6 Å². The van der Waals surface area contributed by atoms with E-state index in [9.17, 15) is 14.7 Å². The largest absolute Gasteiger partial charge is 0.508 e. The summed E-state index contributed by atoms with van der Waals surface area (Å²) < 4.78 is 10.5. The van der Waals surface area contributed by atoms with Gasteiger partial charge in [-0.2, -0.15) is 5.10 Å². The van der Waals surface area contributed by atoms with Crippen molar-refractivity contribution in [1.29, 1.82) is 0 Å². The molecule has 0 spiro atoms. The molecule has 8 nitrogen and oxygen atoms in total. The Labute approximate surface area is 162 Å². The van der Waals surface area contributed by atoms with Crippen LogP contribution < -0.4 is 20.2 Å². The molecule has 2 aromatic carbocycles. The third kappa shape index (κ3) is 4.59. The summed E-state index contributed by atoms with van der Waals surface area (Å²) >= 11 is 0. The molecule has 1 aliphatic rings. The van der Waals surface area contributed by atoms with Crippen LogP contribution in [0.5, 0.6) is 17.2 Å². The highest BCUT2D eigenvalue weighted by Gasteiger charge is 2.25. The predicted octanol–water partition coefficient (Wildman–Crippen LogP) is 2.03. The number of hydrogen-bond acceptors (Lipinski definition) is 6. The highest BCUT2D eigenvalue weighted by molar-refractivity contribution is 5.98. The standard InChI is InChI=1S/C20H21N3O5/c1-12(2)18(20(26)23-21-10-13-3-6-15(24)7-4-13)22-19(25)14-5-8-16-17(9-14)28-11-27-16/h3-10,12,18,24H,11H2,1-2H3,(H,22,25)(H,23,26). The van der Waals surface area contributed by atoms with E-state index in [-0.39, 0.29) is 18.5 Å². The number of nitrogens with zero attached hydrogens (tertiary/aromatic N) is 1. The summed E-state index contributed by atoms with van der Waals surface area (Å²) in [7, 11) is 0. The first kappa shape index (κ1) is 19.2. The Morgan fingerprint density at radius 1 is 1.11 bits per heavy atom. The minimum Gasteiger partial charge on any atom is -0.508 e. The van der Waals surface area contributed by atoms with Crippen molar-refractivity contribution in [2.24, 2.45) is 11.0 Å². The van der Waals surface area contributed by atoms with Gasteiger partial charge in [0.1, 0.15) is 11.8 Å². The normalized spacial score (nSPS) is 13.5. The number of hydrazone groups is 1. The Kier molecular flexibility index (Phi) is 5.78. The van der Waals surface area contributed by atoms with Crippen LogP contribution in [0.25, 0.3) is 0 Å². The van der Waals surface area contributed by atoms with Gasteiger partial charge in [0.05, 0.1) is 6.21 Å². The van der Waals surface area contributed by atoms with Crippen molar-refractivity contribution in [3.8, 4) is 17.2 Å². The minimum atomic E-state index is -0.769. The number of nitrogens with one attached hydrogen (secondary N) is 2. The first-order valence-corrected chi connectivity index (χ1v) is 8.76. The number of rotatable bonds is 6. The maximum Gasteiger partial charge on any atom is 0.262 e. The molecule has 0 aromatic heterocycles. The van der Waals surface area contributed by atoms with E-state index in [0.29, 0.717) is 22.6 Å². The van der Waals surface area contributed by atoms with E-state index in [2.05, 4.69) is 15.8 Å². The van der Waals surface area contributed by atoms with Crippen LogP contribution in [0, 0.1) is 5.92 Å². The van der Waals surface area contributed by atoms with Gasteiger partial charge in [-0.05, 0) is 53.9 Å². The second kappa shape index (κ2) is 8.43. The Hall–Kier alpha value is -3.55. The van der Waals surface area contributed by atoms with Gasteiger partial charge in [0, 0.05) is 5.56 Å². The van der Waals surface area contributed by atoms with Gasteiger partial charge in [0.25, 0.3) is 11.8 Å². The Morgan fingerprint density at radius 2 is 1.82 bits per heavy atom. The summed E-state index contributed by atoms with van der Waals surface area (Å²) in [5.74, 6) is 0.248. The molecule has 1 aliphatic heterocycles. The third-order valence-corrected chi connectivity index (χ3v) is 4.15. The third-order valence-electron chi connectivity index (χ3n) is 4.15. The monoisotopic (exact) mass is 383 g/mol. The fraction of sp³-hybridized carbons (Fsp3) is 0.250. The zero-order valence-electron chi connectivity index (χ0n) is 15.5. The molecule has 0 saturated carbocycles. The van der Waals surface area contributed by atoms with E-state index in [1.54, 1.807) is 30.3 Å². The summed E-state index contributed by atoms with van der Waals surface area (Å²) in [6, 6.07) is 10.4. The van der Waals surface area contributed by atoms with Crippen molar-refractivity contribution in [2.45, 2.75) is 19.9 Å². The van der Waals surface area contributed by atoms with Crippen LogP contribution in [0.4, 0.5) is 0 Å². The molecule has 1 unspecified atom stereocenters. The Morgan fingerprint density at radius 3 is 2.54 bits per heavy atom. The number of carbonyl (C=O) groups is 2. The van der Waals surface area contributed by atoms with E-state index in [0.717, 1.165) is 0 Å². The molecular formula is C20H21N3O5. The molecule has 3 N–H and O–H groups in total. The lowest BCUT2D eigenvalue weighted by Gasteiger charge is -2.20. The van der Waals surface area contributed by atoms with Crippen molar-refractivity contribution in [3.63, 3.8) is 0 Å². The van der Waals surface area contributed by atoms with E-state index in [4.69, 9.17) is 9.47 Å². The van der Waals surface area contributed by atoms with Gasteiger partial charge in [-0.3, -0.25) is 9.59 Å². The first-order chi connectivity index (χ1) is 13.4. The summed E-state index contributed by atoms with van der Waals surface area (Å²) in [6.45, 7) is 3.78. The van der Waals surface area contributed by atoms with E-state index in [1.807, 2.05) is 13.8 Å². The quantitative estimate of drug-likeness (QED) is 0.522. The lowest BCUT2D eigenvalue weighted by molar-refractivity contribution is -0.123. The number of carbonyl (C=O) groups excluding carboxylic acids is 2. The minimum absolute atomic E-state index is 0.121. The Bertz CT molecular complexity index is 893. The summed E-state index contributed by atoms with van der Waals surface area (Å²) in [6.07, 6.45) is 1.45. The van der Waals surface area contributed by atoms with Crippen LogP contribution in [0.1, 0.15) is 29.8 Å². The number of aromatic hydroxyl groups is 1. The highest BCUT2D eigenvalue weighted by atomic mass is 16.7. The zero-order valence-corrected chi connectivity index (χ0v) is 15.5. The van der Waals surface area contributed by atoms with Gasteiger partial charge in [-0.15, -0.1) is 0 Å². The molecule has 0 radical (unpaired) electrons. The molecular weight excluding hydrogens is 362 g/mol. The fourth-order valence-corrected chi connectivity index (χ4v) is 2.60. The SMILES string of the molecule is CC(C)C(NC(=O)c1ccc2c(c1)OCO2)C(=O)NN=Cc1ccc(O)cc1. The van der Waals surface area contributed by atoms with Crippen LogP contribution in [0.3, 0.4) is 0 Å². The van der Waals surface area contributed by atoms with Gasteiger partial charge in [0.15, 0.2) is 11.5 Å². The highest BCUT2D eigenvalue weighted by Crippen LogP contribution is 2.32. The number of ether oxygens (including phenoxy) is 2. The molecule has 8 heteroatoms. The molecule has 2 amide bonds. The smallest absolute Gasteiger partial charge is 0.262 e. The molecule has 1 heterocycles. The maximum absolute atomic E-state index is 12.5. The zero-order chi connectivity index (χ0) is 20.1. The second-order valence-corrected chi connectivity index (χ2v) is 6.59. The fourth-order valence-electron chi connectivity index (χ4n) is 2.60. The molecule has 0 aliphatic carbocycles. The lowest BCUT2D eigenvalue weighted by Crippen LogP contribution is -2.48. The average Bonchev–Trinajstić information content (AvgIpc) is 3.14. The van der Waals surface area contributed by atoms with E-state index >= 15 is 0 Å². The maximum atomic E-state index is 12.5. The topological polar surface area (TPSA) is 109 Å². The number of phenols is 1. The van der Waals surface area contributed by atoms with Crippen molar-refractivity contribution in [3.05, 3.63) is 53.6 Å². The number of benzene rings is 2. The van der Waals surface area contributed by atoms with Crippen molar-refractivity contribution in [1.82, 2.24) is 10.7 Å². The van der Waals surface area contributed by atoms with Gasteiger partial charge in [-0.25, -0.2) is 5.43 Å². The molecule has 2 aromatic rings. The van der Waals surface area contributed by atoms with Crippen molar-refractivity contribution in [2.75, 3.05) is 6.79 Å². The van der Waals surface area contributed by atoms with Crippen LogP contribution in [-0.2, 0) is 4.79 Å². The number of phenolic OH excluding ortho intramolecular Hbond substituents is 1. The second-order valence-electron chi connectivity index (χ2n) is 6.59.